The minimum Gasteiger partial charge on any atom is -0.481 e. The van der Waals surface area contributed by atoms with Crippen LogP contribution in [0.25, 0.3) is 0 Å². The van der Waals surface area contributed by atoms with Crippen molar-refractivity contribution < 1.29 is 39.0 Å². The molecule has 0 aliphatic rings. The Bertz CT molecular complexity index is 740. The van der Waals surface area contributed by atoms with Crippen LogP contribution in [-0.2, 0) is 28.8 Å². The molecule has 13 nitrogen and oxygen atoms in total. The van der Waals surface area contributed by atoms with E-state index in [0.717, 1.165) is 0 Å². The van der Waals surface area contributed by atoms with E-state index in [2.05, 4.69) is 16.0 Å². The number of primary amides is 1. The summed E-state index contributed by atoms with van der Waals surface area (Å²) in [6.45, 7) is 6.71. The number of nitrogens with two attached hydrogens (primary N) is 2. The van der Waals surface area contributed by atoms with Crippen LogP contribution in [0, 0.1) is 11.8 Å². The topological polar surface area (TPSA) is 231 Å². The highest BCUT2D eigenvalue weighted by atomic mass is 16.4. The fourth-order valence-corrected chi connectivity index (χ4v) is 2.84. The average molecular weight is 474 g/mol. The summed E-state index contributed by atoms with van der Waals surface area (Å²) >= 11 is 0. The molecule has 33 heavy (non-hydrogen) atoms. The summed E-state index contributed by atoms with van der Waals surface area (Å²) in [5.41, 5.74) is 10.9. The van der Waals surface area contributed by atoms with Crippen LogP contribution in [0.1, 0.15) is 53.4 Å². The molecule has 0 aliphatic carbocycles. The highest BCUT2D eigenvalue weighted by Crippen LogP contribution is 2.08. The van der Waals surface area contributed by atoms with Crippen LogP contribution in [0.3, 0.4) is 0 Å². The third-order valence-electron chi connectivity index (χ3n) is 4.61. The minimum atomic E-state index is -1.47. The molecule has 188 valence electrons. The van der Waals surface area contributed by atoms with Gasteiger partial charge < -0.3 is 37.6 Å². The van der Waals surface area contributed by atoms with Crippen LogP contribution < -0.4 is 27.4 Å². The van der Waals surface area contributed by atoms with Gasteiger partial charge in [-0.05, 0) is 24.7 Å². The third kappa shape index (κ3) is 11.8. The van der Waals surface area contributed by atoms with E-state index in [1.807, 2.05) is 0 Å². The summed E-state index contributed by atoms with van der Waals surface area (Å²) in [4.78, 5) is 71.2. The van der Waals surface area contributed by atoms with Gasteiger partial charge in [-0.25, -0.2) is 4.79 Å². The molecule has 0 aliphatic heterocycles. The molecule has 0 fully saturated rings. The molecule has 4 unspecified atom stereocenters. The van der Waals surface area contributed by atoms with Gasteiger partial charge in [-0.3, -0.25) is 24.0 Å². The van der Waals surface area contributed by atoms with Crippen LogP contribution >= 0.6 is 0 Å². The first kappa shape index (κ1) is 29.8. The summed E-state index contributed by atoms with van der Waals surface area (Å²) in [6.07, 6.45) is -0.924. The molecule has 4 amide bonds. The maximum atomic E-state index is 12.8. The Balaban J connectivity index is 5.49. The van der Waals surface area contributed by atoms with E-state index < -0.39 is 72.1 Å². The number of carbonyl (C=O) groups is 6. The Morgan fingerprint density at radius 3 is 1.76 bits per heavy atom. The largest absolute Gasteiger partial charge is 0.481 e. The van der Waals surface area contributed by atoms with Crippen molar-refractivity contribution in [2.24, 2.45) is 23.3 Å². The molecular weight excluding hydrogens is 438 g/mol. The van der Waals surface area contributed by atoms with Crippen molar-refractivity contribution in [1.82, 2.24) is 16.0 Å². The predicted octanol–water partition coefficient (Wildman–Crippen LogP) is -1.70. The summed E-state index contributed by atoms with van der Waals surface area (Å²) in [5.74, 6) is -6.35. The first-order chi connectivity index (χ1) is 15.1. The molecule has 0 aromatic carbocycles. The van der Waals surface area contributed by atoms with Gasteiger partial charge in [-0.1, -0.05) is 27.7 Å². The summed E-state index contributed by atoms with van der Waals surface area (Å²) in [6, 6.07) is -5.04. The van der Waals surface area contributed by atoms with E-state index in [4.69, 9.17) is 16.6 Å². The molecule has 0 saturated heterocycles. The van der Waals surface area contributed by atoms with Gasteiger partial charge >= 0.3 is 11.9 Å². The van der Waals surface area contributed by atoms with Crippen molar-refractivity contribution in [2.75, 3.05) is 0 Å². The van der Waals surface area contributed by atoms with Gasteiger partial charge in [0.05, 0.1) is 12.5 Å². The van der Waals surface area contributed by atoms with Crippen molar-refractivity contribution >= 4 is 35.6 Å². The molecule has 13 heteroatoms. The Hall–Kier alpha value is -3.22. The van der Waals surface area contributed by atoms with E-state index in [1.54, 1.807) is 27.7 Å². The van der Waals surface area contributed by atoms with Gasteiger partial charge in [-0.2, -0.15) is 0 Å². The molecule has 4 atom stereocenters. The van der Waals surface area contributed by atoms with Crippen molar-refractivity contribution in [3.05, 3.63) is 0 Å². The lowest BCUT2D eigenvalue weighted by atomic mass is 10.0. The van der Waals surface area contributed by atoms with Crippen LogP contribution in [0.4, 0.5) is 0 Å². The van der Waals surface area contributed by atoms with Crippen LogP contribution in [0.15, 0.2) is 0 Å². The number of hydrogen-bond acceptors (Lipinski definition) is 7. The first-order valence-corrected chi connectivity index (χ1v) is 10.5. The molecule has 0 radical (unpaired) electrons. The molecule has 9 N–H and O–H groups in total. The number of aliphatic carboxylic acids is 2. The smallest absolute Gasteiger partial charge is 0.326 e. The Labute approximate surface area is 192 Å². The van der Waals surface area contributed by atoms with Gasteiger partial charge in [0.1, 0.15) is 18.1 Å². The summed E-state index contributed by atoms with van der Waals surface area (Å²) in [7, 11) is 0. The van der Waals surface area contributed by atoms with Gasteiger partial charge in [0, 0.05) is 6.42 Å². The monoisotopic (exact) mass is 473 g/mol. The normalized spacial score (nSPS) is 14.6. The number of rotatable bonds is 15. The standard InChI is InChI=1S/C20H35N5O8/c1-9(2)7-12(23-17(29)11(21)5-6-15(27)28)18(30)24-13(8-14(22)26)19(31)25-16(10(3)4)20(32)33/h9-13,16H,5-8,21H2,1-4H3,(H2,22,26)(H,23,29)(H,24,30)(H,25,31)(H,27,28)(H,32,33). The maximum Gasteiger partial charge on any atom is 0.326 e. The van der Waals surface area contributed by atoms with E-state index in [-0.39, 0.29) is 25.2 Å². The Morgan fingerprint density at radius 2 is 1.33 bits per heavy atom. The maximum absolute atomic E-state index is 12.8. The molecule has 0 spiro atoms. The Morgan fingerprint density at radius 1 is 0.818 bits per heavy atom. The fourth-order valence-electron chi connectivity index (χ4n) is 2.84. The summed E-state index contributed by atoms with van der Waals surface area (Å²) in [5, 5.41) is 25.0. The van der Waals surface area contributed by atoms with Crippen molar-refractivity contribution in [3.63, 3.8) is 0 Å². The van der Waals surface area contributed by atoms with Gasteiger partial charge in [0.25, 0.3) is 0 Å². The quantitative estimate of drug-likeness (QED) is 0.143. The second-order valence-corrected chi connectivity index (χ2v) is 8.53. The van der Waals surface area contributed by atoms with E-state index in [1.165, 1.54) is 0 Å². The number of nitrogens with one attached hydrogen (secondary N) is 3. The van der Waals surface area contributed by atoms with E-state index >= 15 is 0 Å². The van der Waals surface area contributed by atoms with Crippen LogP contribution in [0.5, 0.6) is 0 Å². The zero-order valence-electron chi connectivity index (χ0n) is 19.3. The minimum absolute atomic E-state index is 0.0722. The molecular formula is C20H35N5O8. The number of hydrogen-bond donors (Lipinski definition) is 7. The van der Waals surface area contributed by atoms with Crippen LogP contribution in [-0.4, -0.2) is 69.9 Å². The highest BCUT2D eigenvalue weighted by molar-refractivity contribution is 5.96. The predicted molar refractivity (Wildman–Crippen MR) is 116 cm³/mol. The van der Waals surface area contributed by atoms with Crippen molar-refractivity contribution in [2.45, 2.75) is 77.5 Å². The van der Waals surface area contributed by atoms with Gasteiger partial charge in [0.15, 0.2) is 0 Å². The summed E-state index contributed by atoms with van der Waals surface area (Å²) < 4.78 is 0. The highest BCUT2D eigenvalue weighted by Gasteiger charge is 2.32. The number of carboxylic acid groups (broad SMARTS) is 2. The molecule has 0 aromatic heterocycles. The molecule has 0 rings (SSSR count). The molecule has 0 saturated carbocycles. The molecule has 0 aromatic rings. The zero-order valence-corrected chi connectivity index (χ0v) is 19.3. The van der Waals surface area contributed by atoms with E-state index in [9.17, 15) is 33.9 Å². The third-order valence-corrected chi connectivity index (χ3v) is 4.61. The van der Waals surface area contributed by atoms with Crippen molar-refractivity contribution in [3.8, 4) is 0 Å². The lowest BCUT2D eigenvalue weighted by molar-refractivity contribution is -0.143. The van der Waals surface area contributed by atoms with Crippen LogP contribution in [0.2, 0.25) is 0 Å². The lowest BCUT2D eigenvalue weighted by Crippen LogP contribution is -2.58. The zero-order chi connectivity index (χ0) is 25.9. The first-order valence-electron chi connectivity index (χ1n) is 10.5. The average Bonchev–Trinajstić information content (AvgIpc) is 2.67. The molecule has 0 bridgehead atoms. The second kappa shape index (κ2) is 14.0. The number of amides is 4. The fraction of sp³-hybridized carbons (Fsp3) is 0.700. The Kier molecular flexibility index (Phi) is 12.7. The van der Waals surface area contributed by atoms with Gasteiger partial charge in [-0.15, -0.1) is 0 Å². The number of carbonyl (C=O) groups excluding carboxylic acids is 4. The van der Waals surface area contributed by atoms with E-state index in [0.29, 0.717) is 0 Å². The van der Waals surface area contributed by atoms with Crippen molar-refractivity contribution in [1.29, 1.82) is 0 Å². The lowest BCUT2D eigenvalue weighted by Gasteiger charge is -2.26. The van der Waals surface area contributed by atoms with Gasteiger partial charge in [0.2, 0.25) is 23.6 Å². The number of carboxylic acids is 2. The SMILES string of the molecule is CC(C)CC(NC(=O)C(N)CCC(=O)O)C(=O)NC(CC(N)=O)C(=O)NC(C(=O)O)C(C)C. The second-order valence-electron chi connectivity index (χ2n) is 8.53. The molecule has 0 heterocycles.